The number of piperidine rings is 1. The van der Waals surface area contributed by atoms with Crippen molar-refractivity contribution in [2.24, 2.45) is 5.41 Å². The third-order valence-electron chi connectivity index (χ3n) is 6.46. The Labute approximate surface area is 178 Å². The van der Waals surface area contributed by atoms with Gasteiger partial charge in [-0.05, 0) is 49.4 Å². The fourth-order valence-corrected chi connectivity index (χ4v) is 4.85. The topological polar surface area (TPSA) is 58.0 Å². The molecular formula is C22H23F3N6. The molecule has 2 fully saturated rings. The maximum absolute atomic E-state index is 12.8. The molecular weight excluding hydrogens is 405 g/mol. The van der Waals surface area contributed by atoms with Crippen LogP contribution in [0.4, 0.5) is 19.0 Å². The zero-order valence-corrected chi connectivity index (χ0v) is 17.0. The van der Waals surface area contributed by atoms with Crippen LogP contribution < -0.4 is 4.90 Å². The van der Waals surface area contributed by atoms with E-state index in [1.165, 1.54) is 0 Å². The second kappa shape index (κ2) is 7.71. The summed E-state index contributed by atoms with van der Waals surface area (Å²) in [4.78, 5) is 21.6. The largest absolute Gasteiger partial charge is 0.401 e. The third-order valence-corrected chi connectivity index (χ3v) is 6.46. The average Bonchev–Trinajstić information content (AvgIpc) is 3.14. The van der Waals surface area contributed by atoms with Gasteiger partial charge in [0.15, 0.2) is 5.82 Å². The fourth-order valence-electron chi connectivity index (χ4n) is 4.85. The summed E-state index contributed by atoms with van der Waals surface area (Å²) < 4.78 is 38.4. The Kier molecular flexibility index (Phi) is 5.00. The summed E-state index contributed by atoms with van der Waals surface area (Å²) in [5.74, 6) is 1.48. The quantitative estimate of drug-likeness (QED) is 0.630. The van der Waals surface area contributed by atoms with Gasteiger partial charge in [0.1, 0.15) is 5.82 Å². The summed E-state index contributed by atoms with van der Waals surface area (Å²) in [6, 6.07) is 5.67. The van der Waals surface area contributed by atoms with E-state index in [9.17, 15) is 13.2 Å². The molecule has 0 radical (unpaired) electrons. The van der Waals surface area contributed by atoms with Crippen molar-refractivity contribution in [2.75, 3.05) is 37.6 Å². The molecule has 31 heavy (non-hydrogen) atoms. The molecule has 0 saturated carbocycles. The fraction of sp³-hybridized carbons (Fsp3) is 0.455. The molecule has 0 amide bonds. The Morgan fingerprint density at radius 2 is 1.61 bits per heavy atom. The Bertz CT molecular complexity index is 1060. The highest BCUT2D eigenvalue weighted by Gasteiger charge is 2.43. The molecule has 3 aromatic heterocycles. The van der Waals surface area contributed by atoms with Crippen LogP contribution in [0, 0.1) is 5.41 Å². The first-order valence-electron chi connectivity index (χ1n) is 10.5. The summed E-state index contributed by atoms with van der Waals surface area (Å²) in [5.41, 5.74) is 1.63. The lowest BCUT2D eigenvalue weighted by Gasteiger charge is -2.40. The first-order valence-corrected chi connectivity index (χ1v) is 10.5. The number of rotatable bonds is 3. The number of nitrogens with zero attached hydrogens (tertiary/aromatic N) is 6. The summed E-state index contributed by atoms with van der Waals surface area (Å²) in [6.07, 6.45) is 5.32. The monoisotopic (exact) mass is 428 g/mol. The molecule has 162 valence electrons. The zero-order chi connectivity index (χ0) is 21.5. The number of hydrogen-bond donors (Lipinski definition) is 0. The zero-order valence-electron chi connectivity index (χ0n) is 17.0. The Morgan fingerprint density at radius 1 is 0.903 bits per heavy atom. The van der Waals surface area contributed by atoms with Crippen molar-refractivity contribution in [1.82, 2.24) is 24.8 Å². The van der Waals surface area contributed by atoms with Crippen LogP contribution in [0.1, 0.15) is 19.3 Å². The normalized spacial score (nSPS) is 19.4. The minimum absolute atomic E-state index is 0.0277. The number of pyridine rings is 2. The van der Waals surface area contributed by atoms with Crippen molar-refractivity contribution in [2.45, 2.75) is 25.4 Å². The van der Waals surface area contributed by atoms with E-state index in [0.29, 0.717) is 18.9 Å². The Hall–Kier alpha value is -2.81. The van der Waals surface area contributed by atoms with Gasteiger partial charge in [-0.2, -0.15) is 13.2 Å². The number of likely N-dealkylation sites (tertiary alicyclic amines) is 1. The number of anilines is 1. The molecule has 1 spiro atoms. The summed E-state index contributed by atoms with van der Waals surface area (Å²) in [7, 11) is 0. The standard InChI is InChI=1S/C22H23F3N6/c23-22(24,25)15-30-10-4-21(14-30)5-11-31(12-6-21)20-17-3-9-27-13-18(17)28-19(29-20)16-1-7-26-8-2-16/h1-3,7-9,13H,4-6,10-12,14-15H2. The van der Waals surface area contributed by atoms with E-state index >= 15 is 0 Å². The SMILES string of the molecule is FC(F)(F)CN1CCC2(CCN(c3nc(-c4ccncc4)nc4cnccc34)CC2)C1. The summed E-state index contributed by atoms with van der Waals surface area (Å²) in [6.45, 7) is 1.77. The predicted molar refractivity (Wildman–Crippen MR) is 112 cm³/mol. The number of aromatic nitrogens is 4. The van der Waals surface area contributed by atoms with Gasteiger partial charge in [0, 0.05) is 49.2 Å². The molecule has 0 N–H and O–H groups in total. The highest BCUT2D eigenvalue weighted by molar-refractivity contribution is 5.90. The van der Waals surface area contributed by atoms with E-state index < -0.39 is 12.7 Å². The van der Waals surface area contributed by atoms with E-state index in [2.05, 4.69) is 19.9 Å². The van der Waals surface area contributed by atoms with Crippen LogP contribution in [0.5, 0.6) is 0 Å². The minimum Gasteiger partial charge on any atom is -0.356 e. The van der Waals surface area contributed by atoms with E-state index in [0.717, 1.165) is 54.6 Å². The predicted octanol–water partition coefficient (Wildman–Crippen LogP) is 3.94. The average molecular weight is 428 g/mol. The molecule has 6 nitrogen and oxygen atoms in total. The lowest BCUT2D eigenvalue weighted by atomic mass is 9.78. The van der Waals surface area contributed by atoms with Crippen LogP contribution in [0.2, 0.25) is 0 Å². The van der Waals surface area contributed by atoms with Crippen molar-refractivity contribution in [3.8, 4) is 11.4 Å². The van der Waals surface area contributed by atoms with Gasteiger partial charge in [0.05, 0.1) is 18.3 Å². The maximum atomic E-state index is 12.8. The van der Waals surface area contributed by atoms with E-state index in [1.54, 1.807) is 29.7 Å². The molecule has 0 atom stereocenters. The second-order valence-corrected chi connectivity index (χ2v) is 8.56. The van der Waals surface area contributed by atoms with Crippen LogP contribution >= 0.6 is 0 Å². The number of hydrogen-bond acceptors (Lipinski definition) is 6. The molecule has 2 aliphatic rings. The van der Waals surface area contributed by atoms with Crippen molar-refractivity contribution in [3.05, 3.63) is 43.0 Å². The molecule has 0 bridgehead atoms. The lowest BCUT2D eigenvalue weighted by Crippen LogP contribution is -2.43. The number of alkyl halides is 3. The molecule has 5 rings (SSSR count). The van der Waals surface area contributed by atoms with Crippen LogP contribution in [-0.2, 0) is 0 Å². The van der Waals surface area contributed by atoms with Crippen LogP contribution in [0.3, 0.4) is 0 Å². The second-order valence-electron chi connectivity index (χ2n) is 8.56. The van der Waals surface area contributed by atoms with E-state index in [4.69, 9.17) is 4.98 Å². The van der Waals surface area contributed by atoms with Gasteiger partial charge in [-0.25, -0.2) is 9.97 Å². The maximum Gasteiger partial charge on any atom is 0.401 e. The van der Waals surface area contributed by atoms with Crippen LogP contribution in [-0.4, -0.2) is 63.7 Å². The molecule has 3 aromatic rings. The van der Waals surface area contributed by atoms with E-state index in [-0.39, 0.29) is 5.41 Å². The van der Waals surface area contributed by atoms with Gasteiger partial charge in [-0.3, -0.25) is 14.9 Å². The van der Waals surface area contributed by atoms with Gasteiger partial charge < -0.3 is 4.90 Å². The smallest absolute Gasteiger partial charge is 0.356 e. The van der Waals surface area contributed by atoms with Gasteiger partial charge >= 0.3 is 6.18 Å². The van der Waals surface area contributed by atoms with Crippen molar-refractivity contribution in [3.63, 3.8) is 0 Å². The molecule has 2 saturated heterocycles. The Balaban J connectivity index is 1.39. The molecule has 5 heterocycles. The van der Waals surface area contributed by atoms with Crippen molar-refractivity contribution in [1.29, 1.82) is 0 Å². The van der Waals surface area contributed by atoms with Gasteiger partial charge in [-0.1, -0.05) is 0 Å². The van der Waals surface area contributed by atoms with Gasteiger partial charge in [0.2, 0.25) is 0 Å². The minimum atomic E-state index is -4.14. The van der Waals surface area contributed by atoms with Crippen molar-refractivity contribution >= 4 is 16.7 Å². The lowest BCUT2D eigenvalue weighted by molar-refractivity contribution is -0.144. The summed E-state index contributed by atoms with van der Waals surface area (Å²) >= 11 is 0. The highest BCUT2D eigenvalue weighted by atomic mass is 19.4. The van der Waals surface area contributed by atoms with Crippen LogP contribution in [0.15, 0.2) is 43.0 Å². The molecule has 2 aliphatic heterocycles. The highest BCUT2D eigenvalue weighted by Crippen LogP contribution is 2.42. The summed E-state index contributed by atoms with van der Waals surface area (Å²) in [5, 5.41) is 0.939. The molecule has 0 unspecified atom stereocenters. The number of fused-ring (bicyclic) bond motifs is 1. The molecule has 0 aliphatic carbocycles. The number of halogens is 3. The molecule has 9 heteroatoms. The first-order chi connectivity index (χ1) is 14.9. The molecule has 0 aromatic carbocycles. The van der Waals surface area contributed by atoms with Gasteiger partial charge in [0.25, 0.3) is 0 Å². The van der Waals surface area contributed by atoms with E-state index in [1.807, 2.05) is 18.2 Å². The Morgan fingerprint density at radius 3 is 2.35 bits per heavy atom. The van der Waals surface area contributed by atoms with Gasteiger partial charge in [-0.15, -0.1) is 0 Å². The van der Waals surface area contributed by atoms with Crippen molar-refractivity contribution < 1.29 is 13.2 Å². The third kappa shape index (κ3) is 4.19. The van der Waals surface area contributed by atoms with Crippen LogP contribution in [0.25, 0.3) is 22.3 Å². The first kappa shape index (κ1) is 20.1.